The van der Waals surface area contributed by atoms with E-state index in [9.17, 15) is 18.0 Å². The van der Waals surface area contributed by atoms with E-state index in [-0.39, 0.29) is 31.3 Å². The fourth-order valence-corrected chi connectivity index (χ4v) is 2.87. The molecule has 6 nitrogen and oxygen atoms in total. The molecule has 0 bridgehead atoms. The Labute approximate surface area is 153 Å². The van der Waals surface area contributed by atoms with Crippen LogP contribution < -0.4 is 5.32 Å². The molecule has 3 rings (SSSR count). The maximum Gasteiger partial charge on any atom is 0.435 e. The topological polar surface area (TPSA) is 64.7 Å². The Kier molecular flexibility index (Phi) is 5.27. The predicted molar refractivity (Wildman–Crippen MR) is 88.6 cm³/mol. The summed E-state index contributed by atoms with van der Waals surface area (Å²) in [6, 6.07) is 1.09. The predicted octanol–water partition coefficient (Wildman–Crippen LogP) is 3.36. The molecule has 1 aliphatic carbocycles. The van der Waals surface area contributed by atoms with Crippen molar-refractivity contribution in [2.24, 2.45) is 0 Å². The summed E-state index contributed by atoms with van der Waals surface area (Å²) < 4.78 is 41.6. The molecule has 2 aromatic heterocycles. The molecule has 142 valence electrons. The van der Waals surface area contributed by atoms with Crippen molar-refractivity contribution in [2.75, 3.05) is 0 Å². The molecule has 0 aliphatic heterocycles. The number of amides is 1. The Morgan fingerprint density at radius 2 is 2.12 bits per heavy atom. The average molecular weight is 390 g/mol. The average Bonchev–Trinajstić information content (AvgIpc) is 3.22. The molecule has 1 aliphatic rings. The van der Waals surface area contributed by atoms with Gasteiger partial charge >= 0.3 is 6.18 Å². The van der Waals surface area contributed by atoms with Crippen LogP contribution in [0.15, 0.2) is 12.3 Å². The Morgan fingerprint density at radius 3 is 2.69 bits per heavy atom. The first-order valence-electron chi connectivity index (χ1n) is 8.41. The van der Waals surface area contributed by atoms with Gasteiger partial charge in [0.25, 0.3) is 0 Å². The zero-order chi connectivity index (χ0) is 18.9. The molecule has 0 spiro atoms. The van der Waals surface area contributed by atoms with E-state index in [4.69, 9.17) is 11.6 Å². The number of aryl methyl sites for hydroxylation is 2. The molecule has 1 saturated carbocycles. The van der Waals surface area contributed by atoms with Crippen LogP contribution in [0.25, 0.3) is 0 Å². The van der Waals surface area contributed by atoms with Gasteiger partial charge in [-0.15, -0.1) is 0 Å². The quantitative estimate of drug-likeness (QED) is 0.789. The molecule has 26 heavy (non-hydrogen) atoms. The minimum atomic E-state index is -4.48. The van der Waals surface area contributed by atoms with Gasteiger partial charge in [-0.3, -0.25) is 14.2 Å². The number of hydrogen-bond donors (Lipinski definition) is 1. The Hall–Kier alpha value is -2.03. The van der Waals surface area contributed by atoms with Gasteiger partial charge in [0.2, 0.25) is 5.91 Å². The SMILES string of the molecule is CCn1cc(Cl)c(CNC(=O)CCn2nc(C(F)(F)F)cc2C2CC2)n1. The van der Waals surface area contributed by atoms with E-state index in [1.54, 1.807) is 10.9 Å². The lowest BCUT2D eigenvalue weighted by Crippen LogP contribution is -2.25. The molecule has 1 amide bonds. The van der Waals surface area contributed by atoms with Crippen LogP contribution in [0.2, 0.25) is 5.02 Å². The minimum Gasteiger partial charge on any atom is -0.350 e. The van der Waals surface area contributed by atoms with E-state index >= 15 is 0 Å². The summed E-state index contributed by atoms with van der Waals surface area (Å²) in [5.74, 6) is -0.184. The summed E-state index contributed by atoms with van der Waals surface area (Å²) in [7, 11) is 0. The Morgan fingerprint density at radius 1 is 1.38 bits per heavy atom. The summed E-state index contributed by atoms with van der Waals surface area (Å²) >= 11 is 6.03. The number of rotatable bonds is 7. The molecule has 1 fully saturated rings. The van der Waals surface area contributed by atoms with Crippen LogP contribution in [0, 0.1) is 0 Å². The van der Waals surface area contributed by atoms with Gasteiger partial charge in [0.05, 0.1) is 11.6 Å². The first kappa shape index (κ1) is 18.8. The molecule has 0 aromatic carbocycles. The number of alkyl halides is 3. The molecule has 2 aromatic rings. The summed E-state index contributed by atoms with van der Waals surface area (Å²) in [5, 5.41) is 11.0. The van der Waals surface area contributed by atoms with E-state index in [0.29, 0.717) is 23.0 Å². The van der Waals surface area contributed by atoms with E-state index in [0.717, 1.165) is 18.9 Å². The van der Waals surface area contributed by atoms with E-state index in [2.05, 4.69) is 15.5 Å². The standard InChI is InChI=1S/C16H19ClF3N5O/c1-2-24-9-11(17)12(22-24)8-21-15(26)5-6-25-13(10-3-4-10)7-14(23-25)16(18,19)20/h7,9-10H,2-6,8H2,1H3,(H,21,26). The van der Waals surface area contributed by atoms with Crippen LogP contribution in [0.4, 0.5) is 13.2 Å². The molecule has 0 unspecified atom stereocenters. The number of halogens is 4. The number of aromatic nitrogens is 4. The fourth-order valence-electron chi connectivity index (χ4n) is 2.65. The third kappa shape index (κ3) is 4.38. The molecule has 0 atom stereocenters. The molecular weight excluding hydrogens is 371 g/mol. The van der Waals surface area contributed by atoms with Crippen LogP contribution >= 0.6 is 11.6 Å². The molecule has 0 radical (unpaired) electrons. The lowest BCUT2D eigenvalue weighted by atomic mass is 10.2. The normalized spacial score (nSPS) is 14.7. The highest BCUT2D eigenvalue weighted by molar-refractivity contribution is 6.31. The highest BCUT2D eigenvalue weighted by Gasteiger charge is 2.37. The number of carbonyl (C=O) groups excluding carboxylic acids is 1. The second kappa shape index (κ2) is 7.30. The summed E-state index contributed by atoms with van der Waals surface area (Å²) in [6.45, 7) is 2.86. The van der Waals surface area contributed by atoms with Crippen LogP contribution in [-0.4, -0.2) is 25.5 Å². The third-order valence-electron chi connectivity index (χ3n) is 4.21. The van der Waals surface area contributed by atoms with Gasteiger partial charge in [-0.25, -0.2) is 0 Å². The van der Waals surface area contributed by atoms with Crippen molar-refractivity contribution in [1.82, 2.24) is 24.9 Å². The zero-order valence-corrected chi connectivity index (χ0v) is 14.9. The van der Waals surface area contributed by atoms with Crippen molar-refractivity contribution in [3.8, 4) is 0 Å². The lowest BCUT2D eigenvalue weighted by molar-refractivity contribution is -0.141. The highest BCUT2D eigenvalue weighted by atomic mass is 35.5. The summed E-state index contributed by atoms with van der Waals surface area (Å²) in [4.78, 5) is 12.0. The monoisotopic (exact) mass is 389 g/mol. The molecule has 1 N–H and O–H groups in total. The van der Waals surface area contributed by atoms with Gasteiger partial charge in [-0.2, -0.15) is 23.4 Å². The molecular formula is C16H19ClF3N5O. The molecule has 2 heterocycles. The summed E-state index contributed by atoms with van der Waals surface area (Å²) in [5.41, 5.74) is 0.200. The van der Waals surface area contributed by atoms with Gasteiger partial charge in [0.1, 0.15) is 5.69 Å². The van der Waals surface area contributed by atoms with Crippen molar-refractivity contribution in [1.29, 1.82) is 0 Å². The number of nitrogens with zero attached hydrogens (tertiary/aromatic N) is 4. The summed E-state index contributed by atoms with van der Waals surface area (Å²) in [6.07, 6.45) is -1.06. The van der Waals surface area contributed by atoms with Gasteiger partial charge in [-0.1, -0.05) is 11.6 Å². The van der Waals surface area contributed by atoms with Crippen LogP contribution in [0.5, 0.6) is 0 Å². The van der Waals surface area contributed by atoms with E-state index in [1.165, 1.54) is 4.68 Å². The Bertz CT molecular complexity index is 794. The highest BCUT2D eigenvalue weighted by Crippen LogP contribution is 2.42. The van der Waals surface area contributed by atoms with Crippen LogP contribution in [0.3, 0.4) is 0 Å². The largest absolute Gasteiger partial charge is 0.435 e. The van der Waals surface area contributed by atoms with Crippen molar-refractivity contribution in [2.45, 2.75) is 57.9 Å². The van der Waals surface area contributed by atoms with Gasteiger partial charge in [-0.05, 0) is 25.8 Å². The number of hydrogen-bond acceptors (Lipinski definition) is 3. The van der Waals surface area contributed by atoms with Crippen molar-refractivity contribution < 1.29 is 18.0 Å². The second-order valence-electron chi connectivity index (χ2n) is 6.26. The van der Waals surface area contributed by atoms with Crippen molar-refractivity contribution in [3.05, 3.63) is 34.4 Å². The first-order valence-corrected chi connectivity index (χ1v) is 8.79. The van der Waals surface area contributed by atoms with Crippen molar-refractivity contribution >= 4 is 17.5 Å². The van der Waals surface area contributed by atoms with E-state index < -0.39 is 11.9 Å². The molecule has 0 saturated heterocycles. The Balaban J connectivity index is 1.57. The smallest absolute Gasteiger partial charge is 0.350 e. The van der Waals surface area contributed by atoms with Crippen molar-refractivity contribution in [3.63, 3.8) is 0 Å². The fraction of sp³-hybridized carbons (Fsp3) is 0.562. The van der Waals surface area contributed by atoms with E-state index in [1.807, 2.05) is 6.92 Å². The van der Waals surface area contributed by atoms with Crippen LogP contribution in [-0.2, 0) is 30.6 Å². The maximum absolute atomic E-state index is 12.9. The number of carbonyl (C=O) groups is 1. The first-order chi connectivity index (χ1) is 12.3. The van der Waals surface area contributed by atoms with Gasteiger partial charge < -0.3 is 5.32 Å². The van der Waals surface area contributed by atoms with Crippen LogP contribution in [0.1, 0.15) is 49.2 Å². The van der Waals surface area contributed by atoms with Gasteiger partial charge in [0.15, 0.2) is 5.69 Å². The maximum atomic E-state index is 12.9. The minimum absolute atomic E-state index is 0.0325. The number of nitrogens with one attached hydrogen (secondary N) is 1. The second-order valence-corrected chi connectivity index (χ2v) is 6.66. The third-order valence-corrected chi connectivity index (χ3v) is 4.53. The molecule has 10 heteroatoms. The van der Waals surface area contributed by atoms with Gasteiger partial charge in [0, 0.05) is 37.3 Å². The zero-order valence-electron chi connectivity index (χ0n) is 14.2. The lowest BCUT2D eigenvalue weighted by Gasteiger charge is -2.07.